The van der Waals surface area contributed by atoms with Gasteiger partial charge in [-0.1, -0.05) is 77.0 Å². The number of urea groups is 1. The summed E-state index contributed by atoms with van der Waals surface area (Å²) in [5.41, 5.74) is 2.41. The second-order valence-electron chi connectivity index (χ2n) is 7.25. The molecule has 30 heavy (non-hydrogen) atoms. The maximum Gasteiger partial charge on any atom is 0.347 e. The van der Waals surface area contributed by atoms with Crippen LogP contribution in [0.3, 0.4) is 0 Å². The Morgan fingerprint density at radius 3 is 2.57 bits per heavy atom. The lowest BCUT2D eigenvalue weighted by Gasteiger charge is -2.34. The zero-order valence-corrected chi connectivity index (χ0v) is 19.6. The quantitative estimate of drug-likeness (QED) is 0.242. The second kappa shape index (κ2) is 9.11. The third-order valence-electron chi connectivity index (χ3n) is 4.41. The summed E-state index contributed by atoms with van der Waals surface area (Å²) >= 11 is 18.7. The Labute approximate surface area is 194 Å². The van der Waals surface area contributed by atoms with Crippen molar-refractivity contribution in [2.75, 3.05) is 5.32 Å². The van der Waals surface area contributed by atoms with Gasteiger partial charge in [0, 0.05) is 5.69 Å². The first-order chi connectivity index (χ1) is 14.1. The van der Waals surface area contributed by atoms with E-state index >= 15 is 0 Å². The molecule has 0 bridgehead atoms. The fourth-order valence-corrected chi connectivity index (χ4v) is 4.96. The Morgan fingerprint density at radius 2 is 1.93 bits per heavy atom. The number of rotatable bonds is 4. The van der Waals surface area contributed by atoms with Crippen LogP contribution in [-0.4, -0.2) is 42.8 Å². The molecular formula is C20H20Cl2N4O2S2. The molecule has 6 nitrogen and oxygen atoms in total. The van der Waals surface area contributed by atoms with E-state index in [1.807, 2.05) is 45.0 Å². The lowest BCUT2D eigenvalue weighted by molar-refractivity contribution is -0.114. The second-order valence-corrected chi connectivity index (χ2v) is 10.4. The van der Waals surface area contributed by atoms with Crippen molar-refractivity contribution in [1.82, 2.24) is 10.1 Å². The molecule has 1 fully saturated rings. The van der Waals surface area contributed by atoms with E-state index in [9.17, 15) is 10.0 Å². The maximum absolute atomic E-state index is 12.7. The Bertz CT molecular complexity index is 999. The Balaban J connectivity index is 1.81. The highest BCUT2D eigenvalue weighted by molar-refractivity contribution is 8.24. The van der Waals surface area contributed by atoms with E-state index < -0.39 is 16.9 Å². The summed E-state index contributed by atoms with van der Waals surface area (Å²) in [5, 5.41) is 20.5. The molecule has 2 aromatic rings. The summed E-state index contributed by atoms with van der Waals surface area (Å²) in [6, 6.07) is 11.7. The topological polar surface area (TPSA) is 68.2 Å². The number of aryl methyl sites for hydroxylation is 1. The van der Waals surface area contributed by atoms with Crippen molar-refractivity contribution >= 4 is 69.4 Å². The van der Waals surface area contributed by atoms with Crippen LogP contribution < -0.4 is 5.32 Å². The molecule has 1 atom stereocenters. The van der Waals surface area contributed by atoms with Crippen LogP contribution in [-0.2, 0) is 0 Å². The first-order valence-electron chi connectivity index (χ1n) is 8.95. The molecule has 1 saturated heterocycles. The highest BCUT2D eigenvalue weighted by atomic mass is 35.5. The number of thioether (sulfide) groups is 1. The van der Waals surface area contributed by atoms with E-state index in [2.05, 4.69) is 10.4 Å². The number of hydroxylamine groups is 2. The minimum absolute atomic E-state index is 0.293. The molecule has 1 heterocycles. The number of nitrogens with zero attached hydrogens (tertiary/aromatic N) is 3. The number of carbonyl (C=O) groups is 1. The summed E-state index contributed by atoms with van der Waals surface area (Å²) in [6.45, 7) is 5.76. The first-order valence-corrected chi connectivity index (χ1v) is 10.9. The number of carbonyl (C=O) groups excluding carboxylic acids is 1. The van der Waals surface area contributed by atoms with Crippen molar-refractivity contribution in [2.45, 2.75) is 31.7 Å². The van der Waals surface area contributed by atoms with Crippen molar-refractivity contribution in [3.8, 4) is 0 Å². The Morgan fingerprint density at radius 1 is 1.27 bits per heavy atom. The maximum atomic E-state index is 12.7. The molecule has 10 heteroatoms. The van der Waals surface area contributed by atoms with Crippen LogP contribution in [0.5, 0.6) is 0 Å². The molecule has 0 aromatic heterocycles. The van der Waals surface area contributed by atoms with Crippen molar-refractivity contribution < 1.29 is 10.0 Å². The molecule has 0 saturated carbocycles. The standard InChI is InChI=1S/C20H20Cl2N4O2S2/c1-12-4-6-13(7-5-12)11-23-25-17(20(2,3)30-19(25)29)26(28)18(27)24-14-8-9-15(21)16(22)10-14/h4-11,17,28H,1-3H3,(H,24,27)/b23-11-/t17-/m1/s1. The van der Waals surface area contributed by atoms with Gasteiger partial charge in [-0.25, -0.2) is 9.80 Å². The third-order valence-corrected chi connectivity index (χ3v) is 6.68. The smallest absolute Gasteiger partial charge is 0.306 e. The minimum Gasteiger partial charge on any atom is -0.306 e. The predicted molar refractivity (Wildman–Crippen MR) is 128 cm³/mol. The van der Waals surface area contributed by atoms with Crippen LogP contribution in [0.1, 0.15) is 25.0 Å². The van der Waals surface area contributed by atoms with Crippen molar-refractivity contribution in [3.05, 3.63) is 63.6 Å². The highest BCUT2D eigenvalue weighted by Gasteiger charge is 2.50. The van der Waals surface area contributed by atoms with Gasteiger partial charge in [-0.15, -0.1) is 0 Å². The first kappa shape index (κ1) is 22.8. The zero-order chi connectivity index (χ0) is 22.1. The fourth-order valence-electron chi connectivity index (χ4n) is 2.87. The molecule has 3 rings (SSSR count). The van der Waals surface area contributed by atoms with Gasteiger partial charge in [-0.2, -0.15) is 10.2 Å². The summed E-state index contributed by atoms with van der Waals surface area (Å²) < 4.78 is -0.152. The predicted octanol–water partition coefficient (Wildman–Crippen LogP) is 6.00. The molecule has 1 aliphatic rings. The number of halogens is 2. The van der Waals surface area contributed by atoms with E-state index in [-0.39, 0.29) is 0 Å². The van der Waals surface area contributed by atoms with Crippen LogP contribution in [0.15, 0.2) is 47.6 Å². The van der Waals surface area contributed by atoms with Gasteiger partial charge in [0.15, 0.2) is 10.5 Å². The molecular weight excluding hydrogens is 463 g/mol. The van der Waals surface area contributed by atoms with Gasteiger partial charge >= 0.3 is 6.03 Å². The van der Waals surface area contributed by atoms with E-state index in [1.165, 1.54) is 22.8 Å². The van der Waals surface area contributed by atoms with Crippen molar-refractivity contribution in [3.63, 3.8) is 0 Å². The fraction of sp³-hybridized carbons (Fsp3) is 0.250. The molecule has 2 N–H and O–H groups in total. The van der Waals surface area contributed by atoms with Gasteiger partial charge in [0.05, 0.1) is 21.0 Å². The summed E-state index contributed by atoms with van der Waals surface area (Å²) in [6.07, 6.45) is 0.824. The van der Waals surface area contributed by atoms with E-state index in [4.69, 9.17) is 35.4 Å². The van der Waals surface area contributed by atoms with E-state index in [1.54, 1.807) is 18.3 Å². The Hall–Kier alpha value is -1.84. The van der Waals surface area contributed by atoms with Crippen molar-refractivity contribution in [2.24, 2.45) is 5.10 Å². The number of thiocarbonyl (C=S) groups is 1. The van der Waals surface area contributed by atoms with Gasteiger partial charge in [0.25, 0.3) is 0 Å². The lowest BCUT2D eigenvalue weighted by atomic mass is 10.1. The highest BCUT2D eigenvalue weighted by Crippen LogP contribution is 2.42. The summed E-state index contributed by atoms with van der Waals surface area (Å²) in [7, 11) is 0. The zero-order valence-electron chi connectivity index (χ0n) is 16.5. The largest absolute Gasteiger partial charge is 0.347 e. The monoisotopic (exact) mass is 482 g/mol. The van der Waals surface area contributed by atoms with E-state index in [0.29, 0.717) is 25.1 Å². The Kier molecular flexibility index (Phi) is 6.94. The molecule has 0 spiro atoms. The molecule has 0 unspecified atom stereocenters. The molecule has 2 aromatic carbocycles. The van der Waals surface area contributed by atoms with Gasteiger partial charge in [-0.3, -0.25) is 5.21 Å². The minimum atomic E-state index is -0.820. The number of hydrazone groups is 1. The molecule has 1 aliphatic heterocycles. The molecule has 2 amide bonds. The summed E-state index contributed by atoms with van der Waals surface area (Å²) in [4.78, 5) is 12.7. The van der Waals surface area contributed by atoms with Crippen molar-refractivity contribution in [1.29, 1.82) is 0 Å². The molecule has 0 radical (unpaired) electrons. The average molecular weight is 483 g/mol. The number of amides is 2. The number of nitrogens with one attached hydrogen (secondary N) is 1. The molecule has 0 aliphatic carbocycles. The normalized spacial score (nSPS) is 18.1. The number of hydrogen-bond acceptors (Lipinski definition) is 5. The van der Waals surface area contributed by atoms with Gasteiger partial charge < -0.3 is 5.32 Å². The van der Waals surface area contributed by atoms with Gasteiger partial charge in [0.1, 0.15) is 0 Å². The SMILES string of the molecule is Cc1ccc(/C=N\N2C(=S)SC(C)(C)[C@H]2N(O)C(=O)Nc2ccc(Cl)c(Cl)c2)cc1. The van der Waals surface area contributed by atoms with Crippen LogP contribution in [0.2, 0.25) is 10.0 Å². The number of hydrogen-bond donors (Lipinski definition) is 2. The third kappa shape index (κ3) is 5.07. The van der Waals surface area contributed by atoms with Gasteiger partial charge in [0.2, 0.25) is 0 Å². The lowest BCUT2D eigenvalue weighted by Crippen LogP contribution is -2.54. The van der Waals surface area contributed by atoms with Crippen LogP contribution in [0.25, 0.3) is 0 Å². The average Bonchev–Trinajstić information content (AvgIpc) is 2.91. The summed E-state index contributed by atoms with van der Waals surface area (Å²) in [5.74, 6) is 0. The van der Waals surface area contributed by atoms with Crippen LogP contribution in [0.4, 0.5) is 10.5 Å². The number of benzene rings is 2. The molecule has 158 valence electrons. The van der Waals surface area contributed by atoms with Crippen LogP contribution in [0, 0.1) is 6.92 Å². The van der Waals surface area contributed by atoms with Gasteiger partial charge in [-0.05, 0) is 44.5 Å². The van der Waals surface area contributed by atoms with Crippen LogP contribution >= 0.6 is 47.2 Å². The number of anilines is 1. The van der Waals surface area contributed by atoms with E-state index in [0.717, 1.165) is 11.1 Å².